The van der Waals surface area contributed by atoms with Gasteiger partial charge >= 0.3 is 10.1 Å². The number of hydrogen-bond acceptors (Lipinski definition) is 9. The Kier molecular flexibility index (Phi) is 8.72. The summed E-state index contributed by atoms with van der Waals surface area (Å²) in [5.41, 5.74) is -0.960. The average Bonchev–Trinajstić information content (AvgIpc) is 3.68. The normalized spacial score (nSPS) is 16.5. The standard InChI is InChI=1S/C26H21BrCl2N6O7S/c27-17-10-14(28)9-16(25(36)31-12-13-6-7-13)22(17)32-26(37)20-11-19(33-34(20)24-18(29)4-2-8-30-24)15-3-1-5-21(43(40,41)42)23(15)35(38)39/h1-5,8-10,13,20H,6-7,11-12H2,(H,31,36)(H,32,37)(H,40,41,42). The summed E-state index contributed by atoms with van der Waals surface area (Å²) in [4.78, 5) is 41.2. The van der Waals surface area contributed by atoms with Gasteiger partial charge < -0.3 is 10.6 Å². The fourth-order valence-electron chi connectivity index (χ4n) is 4.51. The molecule has 224 valence electrons. The summed E-state index contributed by atoms with van der Waals surface area (Å²) >= 11 is 15.9. The van der Waals surface area contributed by atoms with Crippen LogP contribution >= 0.6 is 39.1 Å². The minimum absolute atomic E-state index is 0.0448. The molecule has 1 aliphatic heterocycles. The van der Waals surface area contributed by atoms with Crippen LogP contribution in [0.2, 0.25) is 10.0 Å². The Morgan fingerprint density at radius 2 is 1.93 bits per heavy atom. The summed E-state index contributed by atoms with van der Waals surface area (Å²) in [6.45, 7) is 0.476. The van der Waals surface area contributed by atoms with Crippen molar-refractivity contribution in [2.24, 2.45) is 11.0 Å². The van der Waals surface area contributed by atoms with Gasteiger partial charge in [-0.25, -0.2) is 9.99 Å². The number of anilines is 2. The van der Waals surface area contributed by atoms with E-state index >= 15 is 0 Å². The number of rotatable bonds is 9. The van der Waals surface area contributed by atoms with Crippen LogP contribution in [0.4, 0.5) is 17.2 Å². The molecule has 13 nitrogen and oxygen atoms in total. The van der Waals surface area contributed by atoms with Crippen molar-refractivity contribution in [2.75, 3.05) is 16.9 Å². The first-order chi connectivity index (χ1) is 20.3. The maximum Gasteiger partial charge on any atom is 0.301 e. The zero-order valence-electron chi connectivity index (χ0n) is 21.8. The van der Waals surface area contributed by atoms with E-state index in [-0.39, 0.29) is 44.8 Å². The van der Waals surface area contributed by atoms with Gasteiger partial charge in [-0.2, -0.15) is 13.5 Å². The molecule has 0 bridgehead atoms. The molecule has 17 heteroatoms. The molecule has 2 heterocycles. The predicted molar refractivity (Wildman–Crippen MR) is 162 cm³/mol. The molecule has 3 N–H and O–H groups in total. The van der Waals surface area contributed by atoms with Crippen molar-refractivity contribution >= 4 is 84.0 Å². The summed E-state index contributed by atoms with van der Waals surface area (Å²) in [6.07, 6.45) is 3.18. The lowest BCUT2D eigenvalue weighted by atomic mass is 10.0. The van der Waals surface area contributed by atoms with E-state index in [0.717, 1.165) is 23.9 Å². The van der Waals surface area contributed by atoms with Gasteiger partial charge in [0.15, 0.2) is 10.7 Å². The van der Waals surface area contributed by atoms with E-state index in [1.807, 2.05) is 0 Å². The number of hydrogen-bond donors (Lipinski definition) is 3. The van der Waals surface area contributed by atoms with E-state index < -0.39 is 43.5 Å². The highest BCUT2D eigenvalue weighted by molar-refractivity contribution is 9.10. The zero-order chi connectivity index (χ0) is 31.1. The number of carbonyl (C=O) groups excluding carboxylic acids is 2. The van der Waals surface area contributed by atoms with Gasteiger partial charge in [0, 0.05) is 28.7 Å². The first-order valence-corrected chi connectivity index (χ1v) is 15.6. The fraction of sp³-hybridized carbons (Fsp3) is 0.231. The van der Waals surface area contributed by atoms with Gasteiger partial charge in [-0.05, 0) is 71.1 Å². The third-order valence-electron chi connectivity index (χ3n) is 6.74. The van der Waals surface area contributed by atoms with E-state index in [0.29, 0.717) is 16.9 Å². The summed E-state index contributed by atoms with van der Waals surface area (Å²) < 4.78 is 33.8. The molecule has 1 aliphatic carbocycles. The SMILES string of the molecule is O=C(NCC1CC1)c1cc(Cl)cc(Br)c1NC(=O)C1CC(c2cccc(S(=O)(=O)O)c2[N+](=O)[O-])=NN1c1ncccc1Cl. The first kappa shape index (κ1) is 30.8. The Bertz CT molecular complexity index is 1800. The second kappa shape index (κ2) is 12.2. The molecular formula is C26H21BrCl2N6O7S. The van der Waals surface area contributed by atoms with Gasteiger partial charge in [-0.15, -0.1) is 0 Å². The van der Waals surface area contributed by atoms with E-state index in [2.05, 4.69) is 36.6 Å². The summed E-state index contributed by atoms with van der Waals surface area (Å²) in [5.74, 6) is -0.687. The van der Waals surface area contributed by atoms with Gasteiger partial charge in [0.05, 0.1) is 32.5 Å². The number of carbonyl (C=O) groups is 2. The molecule has 2 amide bonds. The van der Waals surface area contributed by atoms with Gasteiger partial charge in [0.1, 0.15) is 6.04 Å². The van der Waals surface area contributed by atoms with Crippen molar-refractivity contribution in [2.45, 2.75) is 30.2 Å². The Balaban J connectivity index is 1.54. The van der Waals surface area contributed by atoms with Crippen LogP contribution in [0.25, 0.3) is 0 Å². The van der Waals surface area contributed by atoms with Crippen molar-refractivity contribution in [1.82, 2.24) is 10.3 Å². The maximum absolute atomic E-state index is 13.9. The molecule has 1 fully saturated rings. The number of para-hydroxylation sites is 1. The van der Waals surface area contributed by atoms with Gasteiger partial charge in [0.25, 0.3) is 11.6 Å². The topological polar surface area (TPSA) is 184 Å². The molecule has 2 aliphatic rings. The third kappa shape index (κ3) is 6.65. The Morgan fingerprint density at radius 1 is 1.19 bits per heavy atom. The molecule has 1 aromatic heterocycles. The molecule has 0 radical (unpaired) electrons. The van der Waals surface area contributed by atoms with Crippen molar-refractivity contribution in [3.63, 3.8) is 0 Å². The lowest BCUT2D eigenvalue weighted by Crippen LogP contribution is -2.39. The number of aromatic nitrogens is 1. The highest BCUT2D eigenvalue weighted by Gasteiger charge is 2.40. The Hall–Kier alpha value is -3.63. The molecule has 2 aromatic carbocycles. The van der Waals surface area contributed by atoms with Crippen LogP contribution in [0.5, 0.6) is 0 Å². The highest BCUT2D eigenvalue weighted by Crippen LogP contribution is 2.37. The third-order valence-corrected chi connectivity index (χ3v) is 8.76. The van der Waals surface area contributed by atoms with Crippen molar-refractivity contribution in [3.8, 4) is 0 Å². The lowest BCUT2D eigenvalue weighted by molar-refractivity contribution is -0.388. The van der Waals surface area contributed by atoms with Crippen LogP contribution in [0, 0.1) is 16.0 Å². The average molecular weight is 712 g/mol. The molecule has 1 unspecified atom stereocenters. The lowest BCUT2D eigenvalue weighted by Gasteiger charge is -2.23. The van der Waals surface area contributed by atoms with Gasteiger partial charge in [-0.3, -0.25) is 24.3 Å². The summed E-state index contributed by atoms with van der Waals surface area (Å²) in [6, 6.07) is 8.12. The second-order valence-corrected chi connectivity index (χ2v) is 12.8. The number of nitro benzene ring substituents is 1. The number of nitrogens with one attached hydrogen (secondary N) is 2. The zero-order valence-corrected chi connectivity index (χ0v) is 25.7. The number of benzene rings is 2. The van der Waals surface area contributed by atoms with Crippen LogP contribution in [0.3, 0.4) is 0 Å². The molecule has 0 spiro atoms. The van der Waals surface area contributed by atoms with Crippen molar-refractivity contribution in [1.29, 1.82) is 0 Å². The maximum atomic E-state index is 13.9. The largest absolute Gasteiger partial charge is 0.352 e. The minimum Gasteiger partial charge on any atom is -0.352 e. The molecule has 3 aromatic rings. The van der Waals surface area contributed by atoms with Crippen LogP contribution in [0.1, 0.15) is 35.2 Å². The van der Waals surface area contributed by atoms with E-state index in [1.165, 1.54) is 36.5 Å². The monoisotopic (exact) mass is 710 g/mol. The molecule has 0 saturated heterocycles. The van der Waals surface area contributed by atoms with Crippen LogP contribution < -0.4 is 15.6 Å². The fourth-order valence-corrected chi connectivity index (χ4v) is 6.31. The van der Waals surface area contributed by atoms with Crippen molar-refractivity contribution < 1.29 is 27.5 Å². The van der Waals surface area contributed by atoms with E-state index in [9.17, 15) is 32.7 Å². The van der Waals surface area contributed by atoms with Crippen LogP contribution in [-0.4, -0.2) is 53.0 Å². The molecule has 1 atom stereocenters. The van der Waals surface area contributed by atoms with Crippen molar-refractivity contribution in [3.05, 3.63) is 84.4 Å². The van der Waals surface area contributed by atoms with Crippen LogP contribution in [-0.2, 0) is 14.9 Å². The van der Waals surface area contributed by atoms with Gasteiger partial charge in [-0.1, -0.05) is 29.3 Å². The number of nitrogens with zero attached hydrogens (tertiary/aromatic N) is 4. The second-order valence-electron chi connectivity index (χ2n) is 9.76. The van der Waals surface area contributed by atoms with Gasteiger partial charge in [0.2, 0.25) is 5.91 Å². The quantitative estimate of drug-likeness (QED) is 0.155. The number of hydrazone groups is 1. The predicted octanol–water partition coefficient (Wildman–Crippen LogP) is 5.07. The Morgan fingerprint density at radius 3 is 2.58 bits per heavy atom. The molecule has 5 rings (SSSR count). The smallest absolute Gasteiger partial charge is 0.301 e. The number of pyridine rings is 1. The summed E-state index contributed by atoms with van der Waals surface area (Å²) in [5, 5.41) is 23.5. The molecule has 1 saturated carbocycles. The van der Waals surface area contributed by atoms with E-state index in [4.69, 9.17) is 23.2 Å². The number of halogens is 3. The first-order valence-electron chi connectivity index (χ1n) is 12.7. The molecule has 43 heavy (non-hydrogen) atoms. The minimum atomic E-state index is -4.98. The number of nitro groups is 1. The highest BCUT2D eigenvalue weighted by atomic mass is 79.9. The molecular weight excluding hydrogens is 691 g/mol. The van der Waals surface area contributed by atoms with Crippen LogP contribution in [0.15, 0.2) is 63.1 Å². The number of amides is 2. The summed E-state index contributed by atoms with van der Waals surface area (Å²) in [7, 11) is -4.98. The van der Waals surface area contributed by atoms with E-state index in [1.54, 1.807) is 6.07 Å². The Labute approximate surface area is 263 Å².